The van der Waals surface area contributed by atoms with Crippen LogP contribution in [0.5, 0.6) is 0 Å². The third-order valence-corrected chi connectivity index (χ3v) is 5.87. The summed E-state index contributed by atoms with van der Waals surface area (Å²) in [6.07, 6.45) is 3.59. The van der Waals surface area contributed by atoms with E-state index in [9.17, 15) is 4.79 Å². The minimum absolute atomic E-state index is 0.210. The molecular formula is C21H26N4O2S. The predicted octanol–water partition coefficient (Wildman–Crippen LogP) is 4.88. The first-order valence-corrected chi connectivity index (χ1v) is 10.6. The maximum Gasteiger partial charge on any atom is 0.410 e. The lowest BCUT2D eigenvalue weighted by Gasteiger charge is -2.34. The van der Waals surface area contributed by atoms with E-state index in [4.69, 9.17) is 9.84 Å². The van der Waals surface area contributed by atoms with Gasteiger partial charge < -0.3 is 9.64 Å². The van der Waals surface area contributed by atoms with Gasteiger partial charge in [-0.3, -0.25) is 0 Å². The number of aryl methyl sites for hydroxylation is 1. The van der Waals surface area contributed by atoms with Crippen molar-refractivity contribution in [2.24, 2.45) is 0 Å². The van der Waals surface area contributed by atoms with Crippen LogP contribution >= 0.6 is 11.3 Å². The lowest BCUT2D eigenvalue weighted by molar-refractivity contribution is 0.0196. The van der Waals surface area contributed by atoms with E-state index in [-0.39, 0.29) is 12.0 Å². The fraction of sp³-hybridized carbons (Fsp3) is 0.476. The SMILES string of the molecule is Cc1nn2c([C@@H]3CCCN(C(=O)OC(C)(C)C)C3)ccnc2c1-c1cccs1. The smallest absolute Gasteiger partial charge is 0.410 e. The number of amides is 1. The molecule has 0 aromatic carbocycles. The van der Waals surface area contributed by atoms with Crippen LogP contribution in [-0.4, -0.2) is 44.3 Å². The van der Waals surface area contributed by atoms with E-state index in [2.05, 4.69) is 16.4 Å². The summed E-state index contributed by atoms with van der Waals surface area (Å²) in [4.78, 5) is 20.2. The Morgan fingerprint density at radius 2 is 2.14 bits per heavy atom. The molecule has 0 unspecified atom stereocenters. The topological polar surface area (TPSA) is 59.7 Å². The first kappa shape index (κ1) is 18.9. The Morgan fingerprint density at radius 1 is 1.32 bits per heavy atom. The summed E-state index contributed by atoms with van der Waals surface area (Å²) in [6.45, 7) is 9.10. The maximum atomic E-state index is 12.5. The molecule has 6 nitrogen and oxygen atoms in total. The van der Waals surface area contributed by atoms with Gasteiger partial charge in [-0.05, 0) is 58.0 Å². The Morgan fingerprint density at radius 3 is 2.86 bits per heavy atom. The standard InChI is InChI=1S/C21H26N4O2S/c1-14-18(17-8-6-12-28-17)19-22-10-9-16(25(19)23-14)15-7-5-11-24(13-15)20(26)27-21(2,3)4/h6,8-10,12,15H,5,7,11,13H2,1-4H3/t15-/m1/s1. The number of hydrogen-bond donors (Lipinski definition) is 0. The fourth-order valence-electron chi connectivity index (χ4n) is 3.80. The van der Waals surface area contributed by atoms with Crippen molar-refractivity contribution in [3.05, 3.63) is 41.2 Å². The van der Waals surface area contributed by atoms with Crippen molar-refractivity contribution >= 4 is 23.1 Å². The maximum absolute atomic E-state index is 12.5. The molecule has 4 heterocycles. The summed E-state index contributed by atoms with van der Waals surface area (Å²) >= 11 is 1.70. The molecule has 4 rings (SSSR count). The zero-order valence-electron chi connectivity index (χ0n) is 16.8. The molecule has 0 spiro atoms. The van der Waals surface area contributed by atoms with Gasteiger partial charge in [-0.15, -0.1) is 11.3 Å². The Hall–Kier alpha value is -2.41. The third kappa shape index (κ3) is 3.63. The number of thiophene rings is 1. The lowest BCUT2D eigenvalue weighted by atomic mass is 9.94. The zero-order chi connectivity index (χ0) is 19.9. The van der Waals surface area contributed by atoms with E-state index in [0.717, 1.165) is 42.0 Å². The highest BCUT2D eigenvalue weighted by Gasteiger charge is 2.30. The minimum Gasteiger partial charge on any atom is -0.444 e. The second-order valence-electron chi connectivity index (χ2n) is 8.31. The van der Waals surface area contributed by atoms with Gasteiger partial charge in [0, 0.05) is 30.1 Å². The molecule has 1 fully saturated rings. The van der Waals surface area contributed by atoms with Gasteiger partial charge in [-0.1, -0.05) is 6.07 Å². The number of likely N-dealkylation sites (tertiary alicyclic amines) is 1. The molecule has 1 aliphatic rings. The van der Waals surface area contributed by atoms with Gasteiger partial charge in [0.25, 0.3) is 0 Å². The molecular weight excluding hydrogens is 372 g/mol. The average Bonchev–Trinajstić information content (AvgIpc) is 3.26. The molecule has 0 saturated carbocycles. The number of rotatable bonds is 2. The molecule has 0 N–H and O–H groups in total. The summed E-state index contributed by atoms with van der Waals surface area (Å²) in [7, 11) is 0. The van der Waals surface area contributed by atoms with Crippen molar-refractivity contribution < 1.29 is 9.53 Å². The van der Waals surface area contributed by atoms with Crippen molar-refractivity contribution in [2.75, 3.05) is 13.1 Å². The first-order valence-electron chi connectivity index (χ1n) is 9.69. The molecule has 28 heavy (non-hydrogen) atoms. The van der Waals surface area contributed by atoms with Gasteiger partial charge in [-0.2, -0.15) is 5.10 Å². The molecule has 3 aromatic heterocycles. The summed E-state index contributed by atoms with van der Waals surface area (Å²) in [5.41, 5.74) is 3.57. The number of ether oxygens (including phenoxy) is 1. The number of aromatic nitrogens is 3. The van der Waals surface area contributed by atoms with Gasteiger partial charge in [0.15, 0.2) is 5.65 Å². The van der Waals surface area contributed by atoms with Crippen molar-refractivity contribution in [2.45, 2.75) is 52.1 Å². The largest absolute Gasteiger partial charge is 0.444 e. The van der Waals surface area contributed by atoms with Gasteiger partial charge in [0.05, 0.1) is 17.0 Å². The van der Waals surface area contributed by atoms with E-state index in [0.29, 0.717) is 6.54 Å². The molecule has 1 aliphatic heterocycles. The number of hydrogen-bond acceptors (Lipinski definition) is 5. The van der Waals surface area contributed by atoms with Crippen LogP contribution in [0.2, 0.25) is 0 Å². The lowest BCUT2D eigenvalue weighted by Crippen LogP contribution is -2.42. The molecule has 1 amide bonds. The molecule has 0 radical (unpaired) electrons. The highest BCUT2D eigenvalue weighted by Crippen LogP contribution is 2.34. The van der Waals surface area contributed by atoms with Crippen molar-refractivity contribution in [1.82, 2.24) is 19.5 Å². The molecule has 148 valence electrons. The molecule has 0 bridgehead atoms. The van der Waals surface area contributed by atoms with Gasteiger partial charge in [0.2, 0.25) is 0 Å². The molecule has 1 saturated heterocycles. The Kier molecular flexibility index (Phi) is 4.87. The molecule has 7 heteroatoms. The number of carbonyl (C=O) groups excluding carboxylic acids is 1. The first-order chi connectivity index (χ1) is 13.3. The van der Waals surface area contributed by atoms with E-state index < -0.39 is 5.60 Å². The van der Waals surface area contributed by atoms with E-state index in [1.54, 1.807) is 11.3 Å². The Balaban J connectivity index is 1.66. The molecule has 3 aromatic rings. The van der Waals surface area contributed by atoms with E-state index >= 15 is 0 Å². The van der Waals surface area contributed by atoms with Crippen molar-refractivity contribution in [1.29, 1.82) is 0 Å². The summed E-state index contributed by atoms with van der Waals surface area (Å²) in [5.74, 6) is 0.210. The molecule has 1 atom stereocenters. The van der Waals surface area contributed by atoms with Crippen LogP contribution in [0.1, 0.15) is 50.9 Å². The summed E-state index contributed by atoms with van der Waals surface area (Å²) in [5, 5.41) is 6.87. The second kappa shape index (κ2) is 7.20. The van der Waals surface area contributed by atoms with Crippen LogP contribution in [0.3, 0.4) is 0 Å². The average molecular weight is 399 g/mol. The Bertz CT molecular complexity index is 988. The van der Waals surface area contributed by atoms with Crippen LogP contribution in [0.4, 0.5) is 4.79 Å². The Labute approximate surface area is 169 Å². The van der Waals surface area contributed by atoms with E-state index in [1.807, 2.05) is 55.4 Å². The predicted molar refractivity (Wildman–Crippen MR) is 111 cm³/mol. The summed E-state index contributed by atoms with van der Waals surface area (Å²) in [6, 6.07) is 6.18. The van der Waals surface area contributed by atoms with Crippen molar-refractivity contribution in [3.63, 3.8) is 0 Å². The monoisotopic (exact) mass is 398 g/mol. The van der Waals surface area contributed by atoms with Crippen LogP contribution in [0, 0.1) is 6.92 Å². The van der Waals surface area contributed by atoms with Gasteiger partial charge in [0.1, 0.15) is 5.60 Å². The highest BCUT2D eigenvalue weighted by molar-refractivity contribution is 7.13. The zero-order valence-corrected chi connectivity index (χ0v) is 17.6. The normalized spacial score (nSPS) is 17.9. The van der Waals surface area contributed by atoms with Crippen LogP contribution in [-0.2, 0) is 4.74 Å². The number of piperidine rings is 1. The molecule has 0 aliphatic carbocycles. The summed E-state index contributed by atoms with van der Waals surface area (Å²) < 4.78 is 7.54. The van der Waals surface area contributed by atoms with E-state index in [1.165, 1.54) is 4.88 Å². The quantitative estimate of drug-likeness (QED) is 0.617. The number of nitrogens with zero attached hydrogens (tertiary/aromatic N) is 4. The van der Waals surface area contributed by atoms with Crippen LogP contribution in [0.25, 0.3) is 16.1 Å². The van der Waals surface area contributed by atoms with Crippen molar-refractivity contribution in [3.8, 4) is 10.4 Å². The minimum atomic E-state index is -0.483. The number of carbonyl (C=O) groups is 1. The second-order valence-corrected chi connectivity index (χ2v) is 9.26. The third-order valence-electron chi connectivity index (χ3n) is 4.98. The van der Waals surface area contributed by atoms with Gasteiger partial charge >= 0.3 is 6.09 Å². The fourth-order valence-corrected chi connectivity index (χ4v) is 4.62. The number of fused-ring (bicyclic) bond motifs is 1. The van der Waals surface area contributed by atoms with Crippen LogP contribution < -0.4 is 0 Å². The van der Waals surface area contributed by atoms with Crippen LogP contribution in [0.15, 0.2) is 29.8 Å². The highest BCUT2D eigenvalue weighted by atomic mass is 32.1. The van der Waals surface area contributed by atoms with Gasteiger partial charge in [-0.25, -0.2) is 14.3 Å².